The highest BCUT2D eigenvalue weighted by atomic mass is 32.2. The van der Waals surface area contributed by atoms with Crippen molar-refractivity contribution in [1.82, 2.24) is 0 Å². The first-order valence-electron chi connectivity index (χ1n) is 7.44. The lowest BCUT2D eigenvalue weighted by Gasteiger charge is -2.33. The van der Waals surface area contributed by atoms with E-state index in [0.717, 1.165) is 6.92 Å². The Morgan fingerprint density at radius 2 is 1.96 bits per heavy atom. The highest BCUT2D eigenvalue weighted by molar-refractivity contribution is 8.13. The number of ether oxygens (including phenoxy) is 1. The first-order chi connectivity index (χ1) is 11.0. The van der Waals surface area contributed by atoms with Crippen LogP contribution in [0, 0.1) is 5.92 Å². The van der Waals surface area contributed by atoms with Crippen molar-refractivity contribution in [3.8, 4) is 0 Å². The molecule has 6 nitrogen and oxygen atoms in total. The lowest BCUT2D eigenvalue weighted by molar-refractivity contribution is -0.796. The quantitative estimate of drug-likeness (QED) is 0.748. The molecule has 1 saturated heterocycles. The van der Waals surface area contributed by atoms with E-state index in [2.05, 4.69) is 0 Å². The predicted molar refractivity (Wildman–Crippen MR) is 80.3 cm³/mol. The molecule has 138 valence electrons. The van der Waals surface area contributed by atoms with Gasteiger partial charge < -0.3 is 9.84 Å². The molecule has 0 aromatic carbocycles. The fraction of sp³-hybridized carbons (Fsp3) is 0.786. The molecule has 4 atom stereocenters. The smallest absolute Gasteiger partial charge is 0.435 e. The third-order valence-corrected chi connectivity index (χ3v) is 5.04. The number of carbonyl (C=O) groups excluding carboxylic acids is 2. The van der Waals surface area contributed by atoms with Gasteiger partial charge in [0.1, 0.15) is 18.7 Å². The van der Waals surface area contributed by atoms with Crippen LogP contribution in [0.1, 0.15) is 27.2 Å². The Bertz CT molecular complexity index is 513. The van der Waals surface area contributed by atoms with E-state index >= 15 is 0 Å². The second kappa shape index (κ2) is 7.83. The van der Waals surface area contributed by atoms with E-state index in [1.807, 2.05) is 0 Å². The Labute approximate surface area is 141 Å². The molecular weight excluding hydrogens is 351 g/mol. The van der Waals surface area contributed by atoms with Crippen LogP contribution < -0.4 is 0 Å². The van der Waals surface area contributed by atoms with Crippen LogP contribution in [0.5, 0.6) is 0 Å². The van der Waals surface area contributed by atoms with Crippen LogP contribution in [0.4, 0.5) is 18.0 Å². The van der Waals surface area contributed by atoms with Crippen molar-refractivity contribution in [2.75, 3.05) is 18.9 Å². The molecule has 1 rings (SSSR count). The number of hydrogen-bond acceptors (Lipinski definition) is 5. The van der Waals surface area contributed by atoms with E-state index < -0.39 is 51.6 Å². The van der Waals surface area contributed by atoms with Crippen LogP contribution in [-0.2, 0) is 14.3 Å². The summed E-state index contributed by atoms with van der Waals surface area (Å²) in [6.45, 7) is 4.13. The van der Waals surface area contributed by atoms with Gasteiger partial charge in [-0.2, -0.15) is 22.4 Å². The number of hydrogen-bond donors (Lipinski definition) is 1. The van der Waals surface area contributed by atoms with Crippen LogP contribution in [0.2, 0.25) is 0 Å². The molecule has 0 aromatic rings. The van der Waals surface area contributed by atoms with Crippen molar-refractivity contribution in [3.05, 3.63) is 0 Å². The number of carbonyl (C=O) groups is 3. The monoisotopic (exact) mass is 372 g/mol. The number of halogens is 3. The van der Waals surface area contributed by atoms with Crippen molar-refractivity contribution in [3.63, 3.8) is 0 Å². The van der Waals surface area contributed by atoms with Gasteiger partial charge in [0, 0.05) is 25.7 Å². The highest BCUT2D eigenvalue weighted by Crippen LogP contribution is 2.38. The summed E-state index contributed by atoms with van der Waals surface area (Å²) >= 11 is 0.362. The number of rotatable bonds is 5. The summed E-state index contributed by atoms with van der Waals surface area (Å²) in [5.41, 5.74) is 0. The van der Waals surface area contributed by atoms with Gasteiger partial charge in [0.05, 0.1) is 0 Å². The van der Waals surface area contributed by atoms with E-state index in [4.69, 9.17) is 4.74 Å². The summed E-state index contributed by atoms with van der Waals surface area (Å²) in [7, 11) is 0. The van der Waals surface area contributed by atoms with Gasteiger partial charge in [0.2, 0.25) is 0 Å². The van der Waals surface area contributed by atoms with Crippen LogP contribution in [0.15, 0.2) is 0 Å². The fourth-order valence-electron chi connectivity index (χ4n) is 2.95. The molecule has 24 heavy (non-hydrogen) atoms. The Morgan fingerprint density at radius 1 is 1.38 bits per heavy atom. The summed E-state index contributed by atoms with van der Waals surface area (Å²) in [5, 5.41) is 8.97. The molecule has 1 unspecified atom stereocenters. The predicted octanol–water partition coefficient (Wildman–Crippen LogP) is 2.66. The zero-order chi connectivity index (χ0) is 18.7. The topological polar surface area (TPSA) is 80.7 Å². The average Bonchev–Trinajstić information content (AvgIpc) is 2.75. The van der Waals surface area contributed by atoms with Crippen LogP contribution in [-0.4, -0.2) is 63.9 Å². The van der Waals surface area contributed by atoms with Gasteiger partial charge in [-0.1, -0.05) is 11.8 Å². The standard InChI is InChI=1S/C14H20F3NO5S/c1-4-23-10-5-8(2)18(6-10,13(21)22)12(20)11(14(15,16)17)7-24-9(3)19/h8,10-11H,4-7H2,1-3H3/p+1/t8-,10+,11?,18-/m1/s1. The van der Waals surface area contributed by atoms with Gasteiger partial charge in [-0.05, 0) is 13.8 Å². The average molecular weight is 372 g/mol. The lowest BCUT2D eigenvalue weighted by Crippen LogP contribution is -2.63. The molecule has 1 N–H and O–H groups in total. The number of imide groups is 1. The second-order valence-electron chi connectivity index (χ2n) is 5.73. The Morgan fingerprint density at radius 3 is 2.38 bits per heavy atom. The summed E-state index contributed by atoms with van der Waals surface area (Å²) in [6.07, 6.45) is -6.98. The zero-order valence-corrected chi connectivity index (χ0v) is 14.4. The third-order valence-electron chi connectivity index (χ3n) is 4.13. The van der Waals surface area contributed by atoms with Gasteiger partial charge in [0.15, 0.2) is 11.0 Å². The van der Waals surface area contributed by atoms with Gasteiger partial charge in [-0.25, -0.2) is 4.79 Å². The molecule has 0 saturated carbocycles. The number of alkyl halides is 3. The molecule has 1 heterocycles. The molecule has 0 aromatic heterocycles. The number of likely N-dealkylation sites (tertiary alicyclic amines) is 1. The summed E-state index contributed by atoms with van der Waals surface area (Å²) < 4.78 is 43.9. The highest BCUT2D eigenvalue weighted by Gasteiger charge is 2.63. The van der Waals surface area contributed by atoms with E-state index in [1.54, 1.807) is 6.92 Å². The number of amides is 2. The number of nitrogens with zero attached hydrogens (tertiary/aromatic N) is 1. The summed E-state index contributed by atoms with van der Waals surface area (Å²) in [4.78, 5) is 35.3. The first-order valence-corrected chi connectivity index (χ1v) is 8.42. The van der Waals surface area contributed by atoms with Gasteiger partial charge in [-0.15, -0.1) is 0 Å². The Balaban J connectivity index is 3.19. The molecule has 1 aliphatic heterocycles. The molecule has 0 radical (unpaired) electrons. The number of thioether (sulfide) groups is 1. The third kappa shape index (κ3) is 4.28. The van der Waals surface area contributed by atoms with E-state index in [-0.39, 0.29) is 19.6 Å². The van der Waals surface area contributed by atoms with Gasteiger partial charge in [-0.3, -0.25) is 4.79 Å². The first kappa shape index (κ1) is 20.9. The van der Waals surface area contributed by atoms with Crippen LogP contribution >= 0.6 is 11.8 Å². The van der Waals surface area contributed by atoms with Crippen molar-refractivity contribution in [2.24, 2.45) is 5.92 Å². The molecule has 0 bridgehead atoms. The van der Waals surface area contributed by atoms with E-state index in [1.165, 1.54) is 6.92 Å². The molecule has 2 amide bonds. The zero-order valence-electron chi connectivity index (χ0n) is 13.6. The maximum absolute atomic E-state index is 13.3. The maximum atomic E-state index is 13.3. The molecule has 10 heteroatoms. The largest absolute Gasteiger partial charge is 0.521 e. The maximum Gasteiger partial charge on any atom is 0.521 e. The normalized spacial score (nSPS) is 28.6. The SMILES string of the molecule is CCO[C@H]1C[C@@H](C)[N@@+](C(=O)O)(C(=O)C(CSC(C)=O)C(F)(F)F)C1. The molecule has 1 aliphatic rings. The minimum atomic E-state index is -4.93. The minimum absolute atomic E-state index is 0.177. The summed E-state index contributed by atoms with van der Waals surface area (Å²) in [6, 6.07) is -0.848. The number of carboxylic acid groups (broad SMARTS) is 1. The minimum Gasteiger partial charge on any atom is -0.435 e. The summed E-state index contributed by atoms with van der Waals surface area (Å²) in [5.74, 6) is -4.79. The van der Waals surface area contributed by atoms with Crippen molar-refractivity contribution >= 4 is 28.9 Å². The molecular formula is C14H21F3NO5S+. The fourth-order valence-corrected chi connectivity index (χ4v) is 3.68. The lowest BCUT2D eigenvalue weighted by atomic mass is 10.1. The molecule has 0 spiro atoms. The van der Waals surface area contributed by atoms with Gasteiger partial charge in [0.25, 0.3) is 0 Å². The second-order valence-corrected chi connectivity index (χ2v) is 6.93. The van der Waals surface area contributed by atoms with Crippen LogP contribution in [0.25, 0.3) is 0 Å². The van der Waals surface area contributed by atoms with Crippen molar-refractivity contribution < 1.29 is 41.9 Å². The number of quaternary nitrogens is 1. The Hall–Kier alpha value is -1.13. The van der Waals surface area contributed by atoms with Crippen molar-refractivity contribution in [2.45, 2.75) is 45.5 Å². The van der Waals surface area contributed by atoms with E-state index in [0.29, 0.717) is 11.8 Å². The van der Waals surface area contributed by atoms with E-state index in [9.17, 15) is 32.7 Å². The molecule has 0 aliphatic carbocycles. The molecule has 1 fully saturated rings. The van der Waals surface area contributed by atoms with Crippen LogP contribution in [0.3, 0.4) is 0 Å². The van der Waals surface area contributed by atoms with Gasteiger partial charge >= 0.3 is 18.2 Å². The van der Waals surface area contributed by atoms with Crippen molar-refractivity contribution in [1.29, 1.82) is 0 Å². The Kier molecular flexibility index (Phi) is 6.83.